The summed E-state index contributed by atoms with van der Waals surface area (Å²) in [6.45, 7) is 3.52. The number of aliphatic hydroxyl groups is 1. The van der Waals surface area contributed by atoms with Crippen LogP contribution < -0.4 is 0 Å². The third-order valence-corrected chi connectivity index (χ3v) is 3.03. The highest BCUT2D eigenvalue weighted by molar-refractivity contribution is 5.68. The van der Waals surface area contributed by atoms with Gasteiger partial charge in [-0.2, -0.15) is 13.2 Å². The van der Waals surface area contributed by atoms with Crippen LogP contribution in [0.2, 0.25) is 0 Å². The van der Waals surface area contributed by atoms with Gasteiger partial charge in [-0.25, -0.2) is 0 Å². The first-order valence-electron chi connectivity index (χ1n) is 6.00. The molecule has 0 fully saturated rings. The number of hydrogen-bond donors (Lipinski definition) is 1. The van der Waals surface area contributed by atoms with Crippen molar-refractivity contribution in [3.05, 3.63) is 72.3 Å². The van der Waals surface area contributed by atoms with Gasteiger partial charge < -0.3 is 5.11 Å². The number of aliphatic hydroxyl groups excluding tert-OH is 1. The van der Waals surface area contributed by atoms with Crippen molar-refractivity contribution in [3.8, 4) is 11.1 Å². The number of hydrogen-bond acceptors (Lipinski definition) is 1. The van der Waals surface area contributed by atoms with E-state index in [0.29, 0.717) is 16.7 Å². The van der Waals surface area contributed by atoms with Crippen molar-refractivity contribution in [3.63, 3.8) is 0 Å². The van der Waals surface area contributed by atoms with E-state index in [0.717, 1.165) is 12.1 Å². The Hall–Kier alpha value is -2.07. The Kier molecular flexibility index (Phi) is 3.95. The standard InChI is InChI=1S/C16H13F3O/c1-2-15(20)14-6-4-3-5-13(14)11-7-9-12(10-8-11)16(17,18)19/h2-10,15,20H,1H2. The van der Waals surface area contributed by atoms with Crippen LogP contribution in [-0.4, -0.2) is 5.11 Å². The smallest absolute Gasteiger partial charge is 0.384 e. The second-order valence-electron chi connectivity index (χ2n) is 4.34. The molecule has 1 N–H and O–H groups in total. The maximum Gasteiger partial charge on any atom is 0.416 e. The fourth-order valence-electron chi connectivity index (χ4n) is 1.98. The summed E-state index contributed by atoms with van der Waals surface area (Å²) in [5.41, 5.74) is 1.23. The van der Waals surface area contributed by atoms with Gasteiger partial charge in [-0.1, -0.05) is 42.5 Å². The Morgan fingerprint density at radius 1 is 1.00 bits per heavy atom. The molecule has 0 saturated heterocycles. The average Bonchev–Trinajstić information content (AvgIpc) is 2.45. The van der Waals surface area contributed by atoms with Gasteiger partial charge in [0.15, 0.2) is 0 Å². The van der Waals surface area contributed by atoms with E-state index in [1.54, 1.807) is 24.3 Å². The van der Waals surface area contributed by atoms with Crippen LogP contribution in [0.15, 0.2) is 61.2 Å². The van der Waals surface area contributed by atoms with E-state index < -0.39 is 17.8 Å². The Morgan fingerprint density at radius 2 is 1.60 bits per heavy atom. The van der Waals surface area contributed by atoms with Gasteiger partial charge in [0.1, 0.15) is 0 Å². The highest BCUT2D eigenvalue weighted by Gasteiger charge is 2.30. The topological polar surface area (TPSA) is 20.2 Å². The van der Waals surface area contributed by atoms with Crippen LogP contribution in [0, 0.1) is 0 Å². The molecular formula is C16H13F3O. The predicted octanol–water partition coefficient (Wildman–Crippen LogP) is 4.59. The molecule has 1 atom stereocenters. The number of halogens is 3. The zero-order chi connectivity index (χ0) is 14.8. The molecule has 0 bridgehead atoms. The van der Waals surface area contributed by atoms with Crippen molar-refractivity contribution < 1.29 is 18.3 Å². The number of alkyl halides is 3. The molecule has 2 aromatic rings. The Balaban J connectivity index is 2.45. The summed E-state index contributed by atoms with van der Waals surface area (Å²) in [7, 11) is 0. The Labute approximate surface area is 115 Å². The first kappa shape index (κ1) is 14.3. The first-order valence-corrected chi connectivity index (χ1v) is 6.00. The molecule has 2 aromatic carbocycles. The molecular weight excluding hydrogens is 265 g/mol. The van der Waals surface area contributed by atoms with Crippen LogP contribution in [-0.2, 0) is 6.18 Å². The van der Waals surface area contributed by atoms with Gasteiger partial charge in [0, 0.05) is 0 Å². The van der Waals surface area contributed by atoms with Crippen LogP contribution in [0.4, 0.5) is 13.2 Å². The molecule has 1 unspecified atom stereocenters. The van der Waals surface area contributed by atoms with E-state index in [2.05, 4.69) is 6.58 Å². The zero-order valence-corrected chi connectivity index (χ0v) is 10.6. The maximum absolute atomic E-state index is 12.5. The lowest BCUT2D eigenvalue weighted by molar-refractivity contribution is -0.137. The minimum absolute atomic E-state index is 0.613. The van der Waals surface area contributed by atoms with Crippen LogP contribution in [0.5, 0.6) is 0 Å². The SMILES string of the molecule is C=CC(O)c1ccccc1-c1ccc(C(F)(F)F)cc1. The van der Waals surface area contributed by atoms with E-state index in [-0.39, 0.29) is 0 Å². The minimum Gasteiger partial charge on any atom is -0.384 e. The van der Waals surface area contributed by atoms with Crippen molar-refractivity contribution in [1.29, 1.82) is 0 Å². The molecule has 0 spiro atoms. The largest absolute Gasteiger partial charge is 0.416 e. The third-order valence-electron chi connectivity index (χ3n) is 3.03. The van der Waals surface area contributed by atoms with Crippen molar-refractivity contribution in [2.24, 2.45) is 0 Å². The first-order chi connectivity index (χ1) is 9.43. The average molecular weight is 278 g/mol. The van der Waals surface area contributed by atoms with E-state index >= 15 is 0 Å². The van der Waals surface area contributed by atoms with E-state index in [9.17, 15) is 18.3 Å². The molecule has 0 aliphatic heterocycles. The maximum atomic E-state index is 12.5. The molecule has 0 aromatic heterocycles. The van der Waals surface area contributed by atoms with Gasteiger partial charge >= 0.3 is 6.18 Å². The quantitative estimate of drug-likeness (QED) is 0.814. The Bertz CT molecular complexity index is 600. The summed E-state index contributed by atoms with van der Waals surface area (Å²) in [6, 6.07) is 11.9. The fourth-order valence-corrected chi connectivity index (χ4v) is 1.98. The molecule has 1 nitrogen and oxygen atoms in total. The van der Waals surface area contributed by atoms with Crippen molar-refractivity contribution in [1.82, 2.24) is 0 Å². The number of rotatable bonds is 3. The third kappa shape index (κ3) is 2.91. The normalized spacial score (nSPS) is 13.0. The van der Waals surface area contributed by atoms with Crippen molar-refractivity contribution >= 4 is 0 Å². The van der Waals surface area contributed by atoms with Crippen LogP contribution in [0.1, 0.15) is 17.2 Å². The highest BCUT2D eigenvalue weighted by atomic mass is 19.4. The molecule has 2 rings (SSSR count). The lowest BCUT2D eigenvalue weighted by Gasteiger charge is -2.13. The molecule has 0 aliphatic carbocycles. The predicted molar refractivity (Wildman–Crippen MR) is 72.0 cm³/mol. The minimum atomic E-state index is -4.35. The van der Waals surface area contributed by atoms with E-state index in [1.165, 1.54) is 18.2 Å². The Morgan fingerprint density at radius 3 is 2.15 bits per heavy atom. The van der Waals surface area contributed by atoms with Crippen LogP contribution in [0.3, 0.4) is 0 Å². The molecule has 0 aliphatic rings. The van der Waals surface area contributed by atoms with Gasteiger partial charge in [0.2, 0.25) is 0 Å². The number of benzene rings is 2. The lowest BCUT2D eigenvalue weighted by atomic mass is 9.95. The second kappa shape index (κ2) is 5.51. The lowest BCUT2D eigenvalue weighted by Crippen LogP contribution is -2.04. The molecule has 0 amide bonds. The summed E-state index contributed by atoms with van der Waals surface area (Å²) in [5, 5.41) is 9.86. The molecule has 20 heavy (non-hydrogen) atoms. The van der Waals surface area contributed by atoms with Crippen molar-refractivity contribution in [2.45, 2.75) is 12.3 Å². The highest BCUT2D eigenvalue weighted by Crippen LogP contribution is 2.33. The molecule has 0 saturated carbocycles. The molecule has 0 heterocycles. The van der Waals surface area contributed by atoms with Gasteiger partial charge in [0.25, 0.3) is 0 Å². The van der Waals surface area contributed by atoms with E-state index in [1.807, 2.05) is 0 Å². The van der Waals surface area contributed by atoms with Crippen molar-refractivity contribution in [2.75, 3.05) is 0 Å². The summed E-state index contributed by atoms with van der Waals surface area (Å²) in [6.07, 6.45) is -3.82. The second-order valence-corrected chi connectivity index (χ2v) is 4.34. The zero-order valence-electron chi connectivity index (χ0n) is 10.6. The monoisotopic (exact) mass is 278 g/mol. The van der Waals surface area contributed by atoms with E-state index in [4.69, 9.17) is 0 Å². The van der Waals surface area contributed by atoms with Gasteiger partial charge in [-0.3, -0.25) is 0 Å². The molecule has 104 valence electrons. The molecule has 4 heteroatoms. The summed E-state index contributed by atoms with van der Waals surface area (Å²) in [5.74, 6) is 0. The summed E-state index contributed by atoms with van der Waals surface area (Å²) >= 11 is 0. The summed E-state index contributed by atoms with van der Waals surface area (Å²) < 4.78 is 37.6. The van der Waals surface area contributed by atoms with Gasteiger partial charge in [0.05, 0.1) is 11.7 Å². The van der Waals surface area contributed by atoms with Gasteiger partial charge in [-0.15, -0.1) is 6.58 Å². The van der Waals surface area contributed by atoms with Crippen LogP contribution >= 0.6 is 0 Å². The van der Waals surface area contributed by atoms with Crippen LogP contribution in [0.25, 0.3) is 11.1 Å². The fraction of sp³-hybridized carbons (Fsp3) is 0.125. The van der Waals surface area contributed by atoms with Gasteiger partial charge in [-0.05, 0) is 28.8 Å². The summed E-state index contributed by atoms with van der Waals surface area (Å²) in [4.78, 5) is 0. The molecule has 0 radical (unpaired) electrons.